The average Bonchev–Trinajstić information content (AvgIpc) is 2.78. The van der Waals surface area contributed by atoms with Gasteiger partial charge in [0, 0.05) is 5.56 Å². The SMILES string of the molecule is COc1cc(-c2noc(NN)n2)ccc1F. The molecular formula is C9H9FN4O2. The number of rotatable bonds is 3. The van der Waals surface area contributed by atoms with E-state index < -0.39 is 5.82 Å². The summed E-state index contributed by atoms with van der Waals surface area (Å²) in [6.07, 6.45) is 0. The number of hydrazine groups is 1. The fraction of sp³-hybridized carbons (Fsp3) is 0.111. The maximum absolute atomic E-state index is 13.1. The molecule has 0 aliphatic heterocycles. The van der Waals surface area contributed by atoms with Crippen molar-refractivity contribution in [1.29, 1.82) is 0 Å². The van der Waals surface area contributed by atoms with Crippen LogP contribution in [0.2, 0.25) is 0 Å². The van der Waals surface area contributed by atoms with Crippen molar-refractivity contribution in [3.05, 3.63) is 24.0 Å². The number of hydrogen-bond donors (Lipinski definition) is 2. The van der Waals surface area contributed by atoms with Crippen molar-refractivity contribution < 1.29 is 13.7 Å². The molecule has 0 amide bonds. The van der Waals surface area contributed by atoms with E-state index >= 15 is 0 Å². The molecule has 0 atom stereocenters. The summed E-state index contributed by atoms with van der Waals surface area (Å²) in [6, 6.07) is 4.34. The van der Waals surface area contributed by atoms with Gasteiger partial charge in [0.05, 0.1) is 7.11 Å². The van der Waals surface area contributed by atoms with Crippen LogP contribution in [0.15, 0.2) is 22.7 Å². The van der Waals surface area contributed by atoms with Crippen LogP contribution in [0.25, 0.3) is 11.4 Å². The van der Waals surface area contributed by atoms with Gasteiger partial charge >= 0.3 is 6.01 Å². The molecule has 0 spiro atoms. The van der Waals surface area contributed by atoms with Gasteiger partial charge in [-0.1, -0.05) is 5.16 Å². The summed E-state index contributed by atoms with van der Waals surface area (Å²) < 4.78 is 22.7. The Kier molecular flexibility index (Phi) is 2.69. The van der Waals surface area contributed by atoms with Gasteiger partial charge in [0.15, 0.2) is 11.6 Å². The van der Waals surface area contributed by atoms with Gasteiger partial charge in [-0.05, 0) is 18.2 Å². The van der Waals surface area contributed by atoms with E-state index in [1.165, 1.54) is 25.3 Å². The highest BCUT2D eigenvalue weighted by molar-refractivity contribution is 5.58. The topological polar surface area (TPSA) is 86.2 Å². The lowest BCUT2D eigenvalue weighted by Crippen LogP contribution is -2.06. The predicted molar refractivity (Wildman–Crippen MR) is 54.1 cm³/mol. The number of benzene rings is 1. The molecule has 0 unspecified atom stereocenters. The van der Waals surface area contributed by atoms with Crippen molar-refractivity contribution in [3.8, 4) is 17.1 Å². The van der Waals surface area contributed by atoms with Crippen molar-refractivity contribution in [2.45, 2.75) is 0 Å². The Morgan fingerprint density at radius 1 is 1.50 bits per heavy atom. The van der Waals surface area contributed by atoms with Gasteiger partial charge in [0.2, 0.25) is 5.82 Å². The number of hydrogen-bond acceptors (Lipinski definition) is 6. The fourth-order valence-electron chi connectivity index (χ4n) is 1.20. The molecule has 2 aromatic rings. The molecule has 1 aromatic carbocycles. The van der Waals surface area contributed by atoms with Crippen LogP contribution in [-0.4, -0.2) is 17.3 Å². The maximum atomic E-state index is 13.1. The number of aromatic nitrogens is 2. The molecule has 0 saturated carbocycles. The second-order valence-electron chi connectivity index (χ2n) is 2.92. The number of nitrogens with one attached hydrogen (secondary N) is 1. The van der Waals surface area contributed by atoms with Crippen molar-refractivity contribution in [2.75, 3.05) is 12.5 Å². The first-order valence-corrected chi connectivity index (χ1v) is 4.39. The van der Waals surface area contributed by atoms with E-state index in [9.17, 15) is 4.39 Å². The van der Waals surface area contributed by atoms with Gasteiger partial charge < -0.3 is 9.26 Å². The van der Waals surface area contributed by atoms with E-state index in [4.69, 9.17) is 15.1 Å². The minimum absolute atomic E-state index is 0.0818. The molecule has 0 saturated heterocycles. The molecule has 84 valence electrons. The zero-order valence-corrected chi connectivity index (χ0v) is 8.40. The van der Waals surface area contributed by atoms with Gasteiger partial charge in [0.1, 0.15) is 0 Å². The third-order valence-corrected chi connectivity index (χ3v) is 1.96. The number of methoxy groups -OCH3 is 1. The number of halogens is 1. The minimum Gasteiger partial charge on any atom is -0.494 e. The number of ether oxygens (including phenoxy) is 1. The summed E-state index contributed by atoms with van der Waals surface area (Å²) in [7, 11) is 1.38. The third kappa shape index (κ3) is 1.80. The average molecular weight is 224 g/mol. The van der Waals surface area contributed by atoms with Crippen LogP contribution >= 0.6 is 0 Å². The molecule has 2 rings (SSSR count). The Bertz CT molecular complexity index is 500. The van der Waals surface area contributed by atoms with E-state index in [1.54, 1.807) is 0 Å². The van der Waals surface area contributed by atoms with Crippen molar-refractivity contribution >= 4 is 6.01 Å². The maximum Gasteiger partial charge on any atom is 0.335 e. The summed E-state index contributed by atoms with van der Waals surface area (Å²) in [4.78, 5) is 3.91. The summed E-state index contributed by atoms with van der Waals surface area (Å²) in [5.41, 5.74) is 2.78. The molecule has 16 heavy (non-hydrogen) atoms. The molecule has 3 N–H and O–H groups in total. The normalized spacial score (nSPS) is 10.2. The van der Waals surface area contributed by atoms with Gasteiger partial charge in [-0.15, -0.1) is 0 Å². The quantitative estimate of drug-likeness (QED) is 0.601. The van der Waals surface area contributed by atoms with Crippen molar-refractivity contribution in [2.24, 2.45) is 5.84 Å². The fourth-order valence-corrected chi connectivity index (χ4v) is 1.20. The summed E-state index contributed by atoms with van der Waals surface area (Å²) in [5, 5.41) is 3.66. The highest BCUT2D eigenvalue weighted by Gasteiger charge is 2.10. The summed E-state index contributed by atoms with van der Waals surface area (Å²) in [5.74, 6) is 5.05. The van der Waals surface area contributed by atoms with E-state index in [2.05, 4.69) is 15.6 Å². The molecule has 6 nitrogen and oxygen atoms in total. The van der Waals surface area contributed by atoms with Gasteiger partial charge in [-0.3, -0.25) is 5.43 Å². The Morgan fingerprint density at radius 3 is 2.94 bits per heavy atom. The van der Waals surface area contributed by atoms with Crippen LogP contribution in [0.5, 0.6) is 5.75 Å². The number of nitrogens with two attached hydrogens (primary N) is 1. The largest absolute Gasteiger partial charge is 0.494 e. The number of nitrogen functional groups attached to an aromatic ring is 1. The van der Waals surface area contributed by atoms with Crippen LogP contribution in [0.1, 0.15) is 0 Å². The molecule has 0 bridgehead atoms. The Balaban J connectivity index is 2.40. The van der Waals surface area contributed by atoms with Crippen molar-refractivity contribution in [3.63, 3.8) is 0 Å². The van der Waals surface area contributed by atoms with Crippen LogP contribution in [-0.2, 0) is 0 Å². The first-order valence-electron chi connectivity index (χ1n) is 4.39. The molecule has 0 radical (unpaired) electrons. The lowest BCUT2D eigenvalue weighted by atomic mass is 10.2. The van der Waals surface area contributed by atoms with E-state index in [0.29, 0.717) is 11.4 Å². The molecular weight excluding hydrogens is 215 g/mol. The van der Waals surface area contributed by atoms with Crippen LogP contribution in [0.4, 0.5) is 10.4 Å². The predicted octanol–water partition coefficient (Wildman–Crippen LogP) is 1.17. The molecule has 7 heteroatoms. The molecule has 0 aliphatic rings. The van der Waals surface area contributed by atoms with Gasteiger partial charge in [-0.25, -0.2) is 10.2 Å². The Labute approximate surface area is 90.2 Å². The minimum atomic E-state index is -0.452. The van der Waals surface area contributed by atoms with E-state index in [1.807, 2.05) is 0 Å². The molecule has 1 heterocycles. The van der Waals surface area contributed by atoms with Gasteiger partial charge in [-0.2, -0.15) is 4.98 Å². The summed E-state index contributed by atoms with van der Waals surface area (Å²) >= 11 is 0. The standard InChI is InChI=1S/C9H9FN4O2/c1-15-7-4-5(2-3-6(7)10)8-12-9(13-11)16-14-8/h2-4H,11H2,1H3,(H,12,13,14). The second-order valence-corrected chi connectivity index (χ2v) is 2.92. The van der Waals surface area contributed by atoms with Crippen LogP contribution < -0.4 is 16.0 Å². The Hall–Kier alpha value is -2.15. The monoisotopic (exact) mass is 224 g/mol. The highest BCUT2D eigenvalue weighted by Crippen LogP contribution is 2.24. The van der Waals surface area contributed by atoms with Gasteiger partial charge in [0.25, 0.3) is 0 Å². The summed E-state index contributed by atoms with van der Waals surface area (Å²) in [6.45, 7) is 0. The zero-order valence-electron chi connectivity index (χ0n) is 8.40. The van der Waals surface area contributed by atoms with E-state index in [-0.39, 0.29) is 11.8 Å². The second kappa shape index (κ2) is 4.15. The highest BCUT2D eigenvalue weighted by atomic mass is 19.1. The number of nitrogens with zero attached hydrogens (tertiary/aromatic N) is 2. The first-order chi connectivity index (χ1) is 7.74. The molecule has 0 aliphatic carbocycles. The number of anilines is 1. The van der Waals surface area contributed by atoms with Crippen molar-refractivity contribution in [1.82, 2.24) is 10.1 Å². The first kappa shape index (κ1) is 10.4. The van der Waals surface area contributed by atoms with Crippen LogP contribution in [0.3, 0.4) is 0 Å². The Morgan fingerprint density at radius 2 is 2.31 bits per heavy atom. The smallest absolute Gasteiger partial charge is 0.335 e. The lowest BCUT2D eigenvalue weighted by Gasteiger charge is -2.02. The zero-order chi connectivity index (χ0) is 11.5. The van der Waals surface area contributed by atoms with Crippen LogP contribution in [0, 0.1) is 5.82 Å². The molecule has 0 fully saturated rings. The lowest BCUT2D eigenvalue weighted by molar-refractivity contribution is 0.386. The van der Waals surface area contributed by atoms with E-state index in [0.717, 1.165) is 0 Å². The molecule has 1 aromatic heterocycles. The third-order valence-electron chi connectivity index (χ3n) is 1.96.